The molecule has 0 N–H and O–H groups in total. The van der Waals surface area contributed by atoms with Gasteiger partial charge < -0.3 is 14.2 Å². The number of hydrogen-bond donors (Lipinski definition) is 0. The molecular formula is C33H55F5O3. The Bertz CT molecular complexity index is 780. The molecule has 0 aliphatic carbocycles. The standard InChI is InChI=1S/C33H55F5O3/c1-6-7-8-9-12-15-18-21-26(41-33(39-24(2)3)40-25(4)5)22-19-16-13-10-11-14-17-20-23-27-28(34)30(36)32(38)31(37)29(27)35/h24-26,33H,6-23H2,1-5H3. The molecule has 240 valence electrons. The maximum atomic E-state index is 13.8. The second kappa shape index (κ2) is 22.3. The van der Waals surface area contributed by atoms with Gasteiger partial charge >= 0.3 is 0 Å². The van der Waals surface area contributed by atoms with E-state index in [9.17, 15) is 22.0 Å². The van der Waals surface area contributed by atoms with Gasteiger partial charge in [0.25, 0.3) is 6.48 Å². The van der Waals surface area contributed by atoms with Gasteiger partial charge in [0.15, 0.2) is 23.3 Å². The maximum Gasteiger partial charge on any atom is 0.272 e. The van der Waals surface area contributed by atoms with Crippen molar-refractivity contribution in [1.82, 2.24) is 0 Å². The molecule has 1 unspecified atom stereocenters. The SMILES string of the molecule is CCCCCCCCCC(CCCCCCCCCCc1c(F)c(F)c(F)c(F)c1F)OC(OC(C)C)OC(C)C. The number of unbranched alkanes of at least 4 members (excludes halogenated alkanes) is 13. The molecule has 0 heterocycles. The van der Waals surface area contributed by atoms with Crippen LogP contribution in [0, 0.1) is 29.1 Å². The zero-order valence-corrected chi connectivity index (χ0v) is 26.2. The lowest BCUT2D eigenvalue weighted by Crippen LogP contribution is -2.31. The van der Waals surface area contributed by atoms with E-state index < -0.39 is 41.1 Å². The van der Waals surface area contributed by atoms with Crippen LogP contribution < -0.4 is 0 Å². The maximum absolute atomic E-state index is 13.8. The van der Waals surface area contributed by atoms with Gasteiger partial charge in [-0.25, -0.2) is 22.0 Å². The Morgan fingerprint density at radius 2 is 0.829 bits per heavy atom. The Kier molecular flexibility index (Phi) is 20.6. The monoisotopic (exact) mass is 594 g/mol. The topological polar surface area (TPSA) is 27.7 Å². The van der Waals surface area contributed by atoms with Crippen molar-refractivity contribution >= 4 is 0 Å². The molecule has 0 saturated carbocycles. The fraction of sp³-hybridized carbons (Fsp3) is 0.818. The molecule has 1 atom stereocenters. The number of ether oxygens (including phenoxy) is 3. The third-order valence-corrected chi connectivity index (χ3v) is 7.20. The van der Waals surface area contributed by atoms with E-state index in [4.69, 9.17) is 14.2 Å². The van der Waals surface area contributed by atoms with Crippen molar-refractivity contribution in [2.24, 2.45) is 0 Å². The van der Waals surface area contributed by atoms with Gasteiger partial charge in [-0.1, -0.05) is 96.8 Å². The molecule has 0 spiro atoms. The van der Waals surface area contributed by atoms with E-state index in [1.165, 1.54) is 38.5 Å². The van der Waals surface area contributed by atoms with Gasteiger partial charge in [-0.2, -0.15) is 0 Å². The highest BCUT2D eigenvalue weighted by Gasteiger charge is 2.25. The molecule has 3 nitrogen and oxygen atoms in total. The van der Waals surface area contributed by atoms with Crippen LogP contribution in [0.3, 0.4) is 0 Å². The van der Waals surface area contributed by atoms with E-state index in [-0.39, 0.29) is 24.7 Å². The lowest BCUT2D eigenvalue weighted by Gasteiger charge is -2.27. The largest absolute Gasteiger partial charge is 0.327 e. The summed E-state index contributed by atoms with van der Waals surface area (Å²) in [6.45, 7) is 9.48. The highest BCUT2D eigenvalue weighted by atomic mass is 19.2. The van der Waals surface area contributed by atoms with Gasteiger partial charge in [0.2, 0.25) is 5.82 Å². The number of rotatable bonds is 25. The summed E-state index contributed by atoms with van der Waals surface area (Å²) >= 11 is 0. The van der Waals surface area contributed by atoms with Crippen molar-refractivity contribution in [3.63, 3.8) is 0 Å². The van der Waals surface area contributed by atoms with Crippen LogP contribution in [0.4, 0.5) is 22.0 Å². The predicted octanol–water partition coefficient (Wildman–Crippen LogP) is 11.1. The van der Waals surface area contributed by atoms with Crippen LogP contribution >= 0.6 is 0 Å². The van der Waals surface area contributed by atoms with Crippen molar-refractivity contribution in [3.8, 4) is 0 Å². The third kappa shape index (κ3) is 16.3. The first-order chi connectivity index (χ1) is 19.6. The van der Waals surface area contributed by atoms with E-state index in [0.717, 1.165) is 57.8 Å². The van der Waals surface area contributed by atoms with Crippen molar-refractivity contribution in [2.45, 2.75) is 175 Å². The van der Waals surface area contributed by atoms with E-state index in [1.54, 1.807) is 0 Å². The molecule has 1 aromatic rings. The first-order valence-corrected chi connectivity index (χ1v) is 16.0. The lowest BCUT2D eigenvalue weighted by molar-refractivity contribution is -0.327. The number of hydrogen-bond acceptors (Lipinski definition) is 3. The molecule has 0 aliphatic rings. The van der Waals surface area contributed by atoms with Crippen molar-refractivity contribution in [3.05, 3.63) is 34.6 Å². The second-order valence-corrected chi connectivity index (χ2v) is 11.7. The molecule has 0 aliphatic heterocycles. The first kappa shape index (κ1) is 37.8. The molecule has 1 rings (SSSR count). The zero-order chi connectivity index (χ0) is 30.6. The summed E-state index contributed by atoms with van der Waals surface area (Å²) in [7, 11) is 0. The smallest absolute Gasteiger partial charge is 0.272 e. The van der Waals surface area contributed by atoms with Gasteiger partial charge in [0, 0.05) is 5.56 Å². The molecule has 0 aromatic heterocycles. The Balaban J connectivity index is 2.35. The minimum absolute atomic E-state index is 0.00837. The summed E-state index contributed by atoms with van der Waals surface area (Å²) in [6, 6.07) is 0. The highest BCUT2D eigenvalue weighted by Crippen LogP contribution is 2.25. The lowest BCUT2D eigenvalue weighted by atomic mass is 10.0. The van der Waals surface area contributed by atoms with Gasteiger partial charge in [-0.05, 0) is 53.4 Å². The summed E-state index contributed by atoms with van der Waals surface area (Å²) in [5.41, 5.74) is -0.713. The fourth-order valence-corrected chi connectivity index (χ4v) is 4.91. The summed E-state index contributed by atoms with van der Waals surface area (Å²) in [5.74, 6) is -9.28. The summed E-state index contributed by atoms with van der Waals surface area (Å²) < 4.78 is 85.5. The minimum Gasteiger partial charge on any atom is -0.327 e. The van der Waals surface area contributed by atoms with Crippen LogP contribution in [0.1, 0.15) is 149 Å². The van der Waals surface area contributed by atoms with Crippen LogP contribution in [0.15, 0.2) is 0 Å². The van der Waals surface area contributed by atoms with Crippen LogP contribution in [-0.4, -0.2) is 24.8 Å². The van der Waals surface area contributed by atoms with Gasteiger partial charge in [-0.15, -0.1) is 0 Å². The van der Waals surface area contributed by atoms with E-state index in [0.29, 0.717) is 12.8 Å². The van der Waals surface area contributed by atoms with Gasteiger partial charge in [-0.3, -0.25) is 0 Å². The van der Waals surface area contributed by atoms with Crippen molar-refractivity contribution in [1.29, 1.82) is 0 Å². The Morgan fingerprint density at radius 1 is 0.463 bits per heavy atom. The quantitative estimate of drug-likeness (QED) is 0.0370. The Labute approximate surface area is 245 Å². The van der Waals surface area contributed by atoms with Crippen LogP contribution in [0.2, 0.25) is 0 Å². The molecule has 1 aromatic carbocycles. The molecule has 0 saturated heterocycles. The molecule has 0 radical (unpaired) electrons. The van der Waals surface area contributed by atoms with E-state index >= 15 is 0 Å². The Hall–Kier alpha value is -1.25. The highest BCUT2D eigenvalue weighted by molar-refractivity contribution is 5.24. The van der Waals surface area contributed by atoms with E-state index in [2.05, 4.69) is 6.92 Å². The molecular weight excluding hydrogens is 539 g/mol. The summed E-state index contributed by atoms with van der Waals surface area (Å²) in [4.78, 5) is 0. The fourth-order valence-electron chi connectivity index (χ4n) is 4.91. The average molecular weight is 595 g/mol. The molecule has 0 fully saturated rings. The van der Waals surface area contributed by atoms with Crippen molar-refractivity contribution in [2.75, 3.05) is 0 Å². The predicted molar refractivity (Wildman–Crippen MR) is 155 cm³/mol. The summed E-state index contributed by atoms with van der Waals surface area (Å²) in [6.07, 6.45) is 17.9. The number of halogens is 5. The molecule has 0 amide bonds. The van der Waals surface area contributed by atoms with Gasteiger partial charge in [0.1, 0.15) is 0 Å². The van der Waals surface area contributed by atoms with E-state index in [1.807, 2.05) is 27.7 Å². The molecule has 41 heavy (non-hydrogen) atoms. The normalized spacial score (nSPS) is 12.8. The van der Waals surface area contributed by atoms with Crippen LogP contribution in [-0.2, 0) is 20.6 Å². The third-order valence-electron chi connectivity index (χ3n) is 7.20. The average Bonchev–Trinajstić information content (AvgIpc) is 2.91. The minimum atomic E-state index is -2.10. The second-order valence-electron chi connectivity index (χ2n) is 11.7. The van der Waals surface area contributed by atoms with Crippen molar-refractivity contribution < 1.29 is 36.2 Å². The molecule has 8 heteroatoms. The van der Waals surface area contributed by atoms with Crippen LogP contribution in [0.25, 0.3) is 0 Å². The Morgan fingerprint density at radius 3 is 1.24 bits per heavy atom. The summed E-state index contributed by atoms with van der Waals surface area (Å²) in [5, 5.41) is 0. The van der Waals surface area contributed by atoms with Crippen LogP contribution in [0.5, 0.6) is 0 Å². The zero-order valence-electron chi connectivity index (χ0n) is 26.2. The molecule has 0 bridgehead atoms. The van der Waals surface area contributed by atoms with Gasteiger partial charge in [0.05, 0.1) is 18.3 Å². The number of benzene rings is 1. The first-order valence-electron chi connectivity index (χ1n) is 16.0.